The Bertz CT molecular complexity index is 517. The van der Waals surface area contributed by atoms with Crippen LogP contribution in [0.3, 0.4) is 0 Å². The first-order valence-corrected chi connectivity index (χ1v) is 7.97. The van der Waals surface area contributed by atoms with Crippen LogP contribution in [0.5, 0.6) is 0 Å². The predicted octanol–water partition coefficient (Wildman–Crippen LogP) is 3.05. The quantitative estimate of drug-likeness (QED) is 0.894. The number of amides is 2. The highest BCUT2D eigenvalue weighted by atomic mass is 16.2. The molecule has 2 bridgehead atoms. The van der Waals surface area contributed by atoms with Crippen molar-refractivity contribution in [2.45, 2.75) is 32.2 Å². The van der Waals surface area contributed by atoms with E-state index in [1.807, 2.05) is 36.2 Å². The molecule has 3 unspecified atom stereocenters. The van der Waals surface area contributed by atoms with E-state index in [-0.39, 0.29) is 6.03 Å². The molecule has 1 aromatic carbocycles. The van der Waals surface area contributed by atoms with Gasteiger partial charge in [-0.15, -0.1) is 0 Å². The number of urea groups is 1. The Morgan fingerprint density at radius 3 is 2.90 bits per heavy atom. The van der Waals surface area contributed by atoms with Crippen LogP contribution < -0.4 is 11.1 Å². The monoisotopic (exact) mass is 287 g/mol. The molecule has 21 heavy (non-hydrogen) atoms. The zero-order valence-corrected chi connectivity index (χ0v) is 12.7. The number of hydrogen-bond acceptors (Lipinski definition) is 2. The van der Waals surface area contributed by atoms with Gasteiger partial charge in [-0.05, 0) is 54.7 Å². The van der Waals surface area contributed by atoms with Crippen LogP contribution in [0.1, 0.15) is 31.2 Å². The minimum absolute atomic E-state index is 0.0213. The number of hydrogen-bond donors (Lipinski definition) is 2. The lowest BCUT2D eigenvalue weighted by atomic mass is 9.88. The molecule has 4 nitrogen and oxygen atoms in total. The maximum Gasteiger partial charge on any atom is 0.321 e. The second-order valence-electron chi connectivity index (χ2n) is 6.65. The molecule has 0 spiro atoms. The molecule has 0 heterocycles. The van der Waals surface area contributed by atoms with Crippen LogP contribution in [0, 0.1) is 17.8 Å². The third kappa shape index (κ3) is 3.21. The van der Waals surface area contributed by atoms with Gasteiger partial charge in [-0.3, -0.25) is 0 Å². The first-order valence-electron chi connectivity index (χ1n) is 7.97. The number of carbonyl (C=O) groups excluding carboxylic acids is 1. The molecule has 3 rings (SSSR count). The summed E-state index contributed by atoms with van der Waals surface area (Å²) in [7, 11) is 1.90. The first kappa shape index (κ1) is 14.4. The number of nitrogens with two attached hydrogens (primary N) is 1. The topological polar surface area (TPSA) is 58.4 Å². The van der Waals surface area contributed by atoms with Crippen LogP contribution in [-0.4, -0.2) is 24.5 Å². The average Bonchev–Trinajstić information content (AvgIpc) is 3.10. The molecule has 0 radical (unpaired) electrons. The lowest BCUT2D eigenvalue weighted by Crippen LogP contribution is -2.36. The molecule has 4 heteroatoms. The van der Waals surface area contributed by atoms with Crippen molar-refractivity contribution in [1.82, 2.24) is 4.90 Å². The minimum atomic E-state index is -0.0213. The van der Waals surface area contributed by atoms with Crippen molar-refractivity contribution in [1.29, 1.82) is 0 Å². The lowest BCUT2D eigenvalue weighted by Gasteiger charge is -2.27. The molecule has 1 aromatic rings. The standard InChI is InChI=1S/C17H25N3O/c1-20(11-15-8-12-5-6-14(15)7-12)17(21)19-16-4-2-3-13(9-16)10-18/h2-4,9,12,14-15H,5-8,10-11,18H2,1H3,(H,19,21). The van der Waals surface area contributed by atoms with Gasteiger partial charge < -0.3 is 16.0 Å². The Morgan fingerprint density at radius 2 is 2.24 bits per heavy atom. The third-order valence-corrected chi connectivity index (χ3v) is 5.15. The molecule has 2 fully saturated rings. The van der Waals surface area contributed by atoms with E-state index in [2.05, 4.69) is 5.32 Å². The summed E-state index contributed by atoms with van der Waals surface area (Å²) in [5.74, 6) is 2.48. The van der Waals surface area contributed by atoms with E-state index in [4.69, 9.17) is 5.73 Å². The minimum Gasteiger partial charge on any atom is -0.327 e. The number of rotatable bonds is 4. The fourth-order valence-corrected chi connectivity index (χ4v) is 4.03. The highest BCUT2D eigenvalue weighted by Gasteiger charge is 2.40. The van der Waals surface area contributed by atoms with Gasteiger partial charge in [-0.1, -0.05) is 18.6 Å². The summed E-state index contributed by atoms with van der Waals surface area (Å²) in [4.78, 5) is 14.1. The first-order chi connectivity index (χ1) is 10.2. The van der Waals surface area contributed by atoms with E-state index in [0.717, 1.165) is 29.6 Å². The maximum atomic E-state index is 12.3. The Morgan fingerprint density at radius 1 is 1.38 bits per heavy atom. The second kappa shape index (κ2) is 6.06. The number of anilines is 1. The van der Waals surface area contributed by atoms with E-state index in [1.165, 1.54) is 25.7 Å². The highest BCUT2D eigenvalue weighted by Crippen LogP contribution is 2.48. The molecule has 2 saturated carbocycles. The van der Waals surface area contributed by atoms with Crippen molar-refractivity contribution in [2.24, 2.45) is 23.5 Å². The van der Waals surface area contributed by atoms with Gasteiger partial charge in [0.15, 0.2) is 0 Å². The Labute approximate surface area is 126 Å². The molecular formula is C17H25N3O. The molecule has 2 aliphatic carbocycles. The van der Waals surface area contributed by atoms with Crippen molar-refractivity contribution < 1.29 is 4.79 Å². The van der Waals surface area contributed by atoms with Crippen LogP contribution in [0.4, 0.5) is 10.5 Å². The predicted molar refractivity (Wildman–Crippen MR) is 84.9 cm³/mol. The van der Waals surface area contributed by atoms with E-state index in [0.29, 0.717) is 12.5 Å². The van der Waals surface area contributed by atoms with Crippen molar-refractivity contribution in [3.63, 3.8) is 0 Å². The number of fused-ring (bicyclic) bond motifs is 2. The average molecular weight is 287 g/mol. The smallest absolute Gasteiger partial charge is 0.321 e. The zero-order valence-electron chi connectivity index (χ0n) is 12.7. The van der Waals surface area contributed by atoms with Gasteiger partial charge in [0.1, 0.15) is 0 Å². The summed E-state index contributed by atoms with van der Waals surface area (Å²) in [5.41, 5.74) is 7.48. The van der Waals surface area contributed by atoms with Crippen LogP contribution in [0.15, 0.2) is 24.3 Å². The molecule has 3 atom stereocenters. The molecule has 3 N–H and O–H groups in total. The fourth-order valence-electron chi connectivity index (χ4n) is 4.03. The highest BCUT2D eigenvalue weighted by molar-refractivity contribution is 5.89. The SMILES string of the molecule is CN(CC1CC2CCC1C2)C(=O)Nc1cccc(CN)c1. The summed E-state index contributed by atoms with van der Waals surface area (Å²) in [6.07, 6.45) is 5.47. The van der Waals surface area contributed by atoms with Crippen LogP contribution >= 0.6 is 0 Å². The molecule has 114 valence electrons. The van der Waals surface area contributed by atoms with E-state index in [1.54, 1.807) is 0 Å². The largest absolute Gasteiger partial charge is 0.327 e. The summed E-state index contributed by atoms with van der Waals surface area (Å²) in [5, 5.41) is 2.97. The van der Waals surface area contributed by atoms with Gasteiger partial charge in [0.2, 0.25) is 0 Å². The number of carbonyl (C=O) groups is 1. The Hall–Kier alpha value is -1.55. The second-order valence-corrected chi connectivity index (χ2v) is 6.65. The van der Waals surface area contributed by atoms with E-state index in [9.17, 15) is 4.79 Å². The van der Waals surface area contributed by atoms with Gasteiger partial charge in [0.25, 0.3) is 0 Å². The van der Waals surface area contributed by atoms with Gasteiger partial charge >= 0.3 is 6.03 Å². The van der Waals surface area contributed by atoms with Gasteiger partial charge in [-0.25, -0.2) is 4.79 Å². The van der Waals surface area contributed by atoms with Crippen molar-refractivity contribution in [3.05, 3.63) is 29.8 Å². The molecule has 0 aromatic heterocycles. The van der Waals surface area contributed by atoms with Gasteiger partial charge in [0, 0.05) is 25.8 Å². The third-order valence-electron chi connectivity index (χ3n) is 5.15. The van der Waals surface area contributed by atoms with Crippen molar-refractivity contribution >= 4 is 11.7 Å². The van der Waals surface area contributed by atoms with Gasteiger partial charge in [-0.2, -0.15) is 0 Å². The normalized spacial score (nSPS) is 26.9. The maximum absolute atomic E-state index is 12.3. The fraction of sp³-hybridized carbons (Fsp3) is 0.588. The number of nitrogens with zero attached hydrogens (tertiary/aromatic N) is 1. The summed E-state index contributed by atoms with van der Waals surface area (Å²) < 4.78 is 0. The number of nitrogens with one attached hydrogen (secondary N) is 1. The Kier molecular flexibility index (Phi) is 4.15. The van der Waals surface area contributed by atoms with Crippen molar-refractivity contribution in [2.75, 3.05) is 18.9 Å². The van der Waals surface area contributed by atoms with E-state index < -0.39 is 0 Å². The molecule has 0 aliphatic heterocycles. The summed E-state index contributed by atoms with van der Waals surface area (Å²) in [6.45, 7) is 1.37. The zero-order chi connectivity index (χ0) is 14.8. The molecule has 2 amide bonds. The summed E-state index contributed by atoms with van der Waals surface area (Å²) >= 11 is 0. The lowest BCUT2D eigenvalue weighted by molar-refractivity contribution is 0.200. The van der Waals surface area contributed by atoms with Crippen LogP contribution in [0.25, 0.3) is 0 Å². The van der Waals surface area contributed by atoms with Gasteiger partial charge in [0.05, 0.1) is 0 Å². The molecule has 0 saturated heterocycles. The number of benzene rings is 1. The van der Waals surface area contributed by atoms with Crippen LogP contribution in [0.2, 0.25) is 0 Å². The molecular weight excluding hydrogens is 262 g/mol. The Balaban J connectivity index is 1.54. The molecule has 2 aliphatic rings. The van der Waals surface area contributed by atoms with Crippen molar-refractivity contribution in [3.8, 4) is 0 Å². The van der Waals surface area contributed by atoms with E-state index >= 15 is 0 Å². The van der Waals surface area contributed by atoms with Crippen LogP contribution in [-0.2, 0) is 6.54 Å². The summed E-state index contributed by atoms with van der Waals surface area (Å²) in [6, 6.07) is 7.71.